The number of nitrogen functional groups attached to an aromatic ring is 1. The summed E-state index contributed by atoms with van der Waals surface area (Å²) in [6.07, 6.45) is 6.93. The summed E-state index contributed by atoms with van der Waals surface area (Å²) >= 11 is 12.3. The molecule has 0 bridgehead atoms. The van der Waals surface area contributed by atoms with Crippen molar-refractivity contribution in [2.24, 2.45) is 5.73 Å². The van der Waals surface area contributed by atoms with E-state index in [0.29, 0.717) is 44.1 Å². The van der Waals surface area contributed by atoms with Gasteiger partial charge in [-0.25, -0.2) is 9.97 Å². The Morgan fingerprint density at radius 3 is 2.58 bits per heavy atom. The zero-order valence-corrected chi connectivity index (χ0v) is 16.4. The first-order chi connectivity index (χ1) is 12.4. The second kappa shape index (κ2) is 8.99. The van der Waals surface area contributed by atoms with E-state index in [1.54, 1.807) is 18.2 Å². The van der Waals surface area contributed by atoms with E-state index >= 15 is 0 Å². The van der Waals surface area contributed by atoms with Gasteiger partial charge in [-0.2, -0.15) is 0 Å². The Hall–Kier alpha value is -2.14. The Kier molecular flexibility index (Phi) is 6.98. The van der Waals surface area contributed by atoms with E-state index in [1.165, 1.54) is 0 Å². The summed E-state index contributed by atoms with van der Waals surface area (Å²) in [7, 11) is 0. The van der Waals surface area contributed by atoms with Gasteiger partial charge in [-0.1, -0.05) is 60.5 Å². The molecule has 2 rings (SSSR count). The number of hydrogen-bond donors (Lipinski definition) is 2. The maximum Gasteiger partial charge on any atom is 0.161 e. The summed E-state index contributed by atoms with van der Waals surface area (Å²) in [6, 6.07) is 5.20. The van der Waals surface area contributed by atoms with Crippen LogP contribution in [0.3, 0.4) is 0 Å². The molecule has 1 aromatic heterocycles. The van der Waals surface area contributed by atoms with Crippen molar-refractivity contribution < 1.29 is 0 Å². The monoisotopic (exact) mass is 388 g/mol. The van der Waals surface area contributed by atoms with E-state index in [2.05, 4.69) is 29.5 Å². The van der Waals surface area contributed by atoms with Gasteiger partial charge < -0.3 is 11.5 Å². The molecule has 1 aromatic carbocycles. The van der Waals surface area contributed by atoms with Crippen LogP contribution >= 0.6 is 23.2 Å². The summed E-state index contributed by atoms with van der Waals surface area (Å²) in [5.74, 6) is 0.746. The van der Waals surface area contributed by atoms with E-state index in [-0.39, 0.29) is 6.54 Å². The third-order valence-electron chi connectivity index (χ3n) is 3.79. The van der Waals surface area contributed by atoms with E-state index < -0.39 is 0 Å². The van der Waals surface area contributed by atoms with Gasteiger partial charge >= 0.3 is 0 Å². The number of nitrogens with two attached hydrogens (primary N) is 2. The highest BCUT2D eigenvalue weighted by molar-refractivity contribution is 6.36. The molecule has 26 heavy (non-hydrogen) atoms. The van der Waals surface area contributed by atoms with Crippen LogP contribution in [0.25, 0.3) is 16.8 Å². The number of anilines is 1. The molecule has 0 aliphatic carbocycles. The lowest BCUT2D eigenvalue weighted by atomic mass is 10.1. The number of halogens is 2. The summed E-state index contributed by atoms with van der Waals surface area (Å²) < 4.78 is 0. The molecule has 0 amide bonds. The lowest BCUT2D eigenvalue weighted by molar-refractivity contribution is 1.01. The Labute approximate surface area is 164 Å². The first-order valence-electron chi connectivity index (χ1n) is 8.23. The molecule has 0 spiro atoms. The predicted molar refractivity (Wildman–Crippen MR) is 112 cm³/mol. The van der Waals surface area contributed by atoms with Gasteiger partial charge in [0.15, 0.2) is 5.82 Å². The van der Waals surface area contributed by atoms with Crippen molar-refractivity contribution in [3.8, 4) is 11.3 Å². The fourth-order valence-corrected chi connectivity index (χ4v) is 2.95. The minimum atomic E-state index is 0.195. The van der Waals surface area contributed by atoms with Crippen LogP contribution in [0, 0.1) is 0 Å². The Balaban J connectivity index is 2.53. The van der Waals surface area contributed by atoms with E-state index in [4.69, 9.17) is 34.7 Å². The lowest BCUT2D eigenvalue weighted by Crippen LogP contribution is -2.10. The maximum atomic E-state index is 6.34. The molecule has 0 unspecified atom stereocenters. The molecule has 4 N–H and O–H groups in total. The fraction of sp³-hybridized carbons (Fsp3) is 0.200. The van der Waals surface area contributed by atoms with Gasteiger partial charge in [0.05, 0.1) is 10.7 Å². The lowest BCUT2D eigenvalue weighted by Gasteiger charge is -2.13. The molecular formula is C20H22Cl2N4. The van der Waals surface area contributed by atoms with Crippen molar-refractivity contribution in [3.63, 3.8) is 0 Å². The SMILES string of the molecule is C=C(/C=C\C(C)=C/CC)c1nc(N)c(CN)c(-c2ccc(Cl)cc2Cl)n1. The second-order valence-corrected chi connectivity index (χ2v) is 6.65. The smallest absolute Gasteiger partial charge is 0.161 e. The molecule has 136 valence electrons. The average molecular weight is 389 g/mol. The molecule has 0 saturated heterocycles. The van der Waals surface area contributed by atoms with Gasteiger partial charge in [0, 0.05) is 28.3 Å². The maximum absolute atomic E-state index is 6.34. The zero-order valence-electron chi connectivity index (χ0n) is 14.9. The summed E-state index contributed by atoms with van der Waals surface area (Å²) in [4.78, 5) is 8.97. The molecular weight excluding hydrogens is 367 g/mol. The average Bonchev–Trinajstić information content (AvgIpc) is 2.59. The van der Waals surface area contributed by atoms with Crippen molar-refractivity contribution in [1.29, 1.82) is 0 Å². The molecule has 0 atom stereocenters. The highest BCUT2D eigenvalue weighted by Crippen LogP contribution is 2.33. The second-order valence-electron chi connectivity index (χ2n) is 5.80. The first kappa shape index (κ1) is 20.2. The molecule has 4 nitrogen and oxygen atoms in total. The topological polar surface area (TPSA) is 77.8 Å². The summed E-state index contributed by atoms with van der Waals surface area (Å²) in [5.41, 5.74) is 15.7. The quantitative estimate of drug-likeness (QED) is 0.647. The first-order valence-corrected chi connectivity index (χ1v) is 8.99. The van der Waals surface area contributed by atoms with Gasteiger partial charge in [-0.05, 0) is 31.5 Å². The normalized spacial score (nSPS) is 12.0. The highest BCUT2D eigenvalue weighted by atomic mass is 35.5. The van der Waals surface area contributed by atoms with E-state index in [0.717, 1.165) is 12.0 Å². The summed E-state index contributed by atoms with van der Waals surface area (Å²) in [6.45, 7) is 8.35. The van der Waals surface area contributed by atoms with Crippen LogP contribution in [0.15, 0.2) is 48.6 Å². The fourth-order valence-electron chi connectivity index (χ4n) is 2.45. The van der Waals surface area contributed by atoms with Crippen LogP contribution in [-0.4, -0.2) is 9.97 Å². The van der Waals surface area contributed by atoms with Gasteiger partial charge in [-0.15, -0.1) is 0 Å². The minimum absolute atomic E-state index is 0.195. The third-order valence-corrected chi connectivity index (χ3v) is 4.34. The third kappa shape index (κ3) is 4.73. The number of hydrogen-bond acceptors (Lipinski definition) is 4. The van der Waals surface area contributed by atoms with Gasteiger partial charge in [0.1, 0.15) is 5.82 Å². The Morgan fingerprint density at radius 2 is 1.96 bits per heavy atom. The van der Waals surface area contributed by atoms with Crippen LogP contribution < -0.4 is 11.5 Å². The van der Waals surface area contributed by atoms with Crippen molar-refractivity contribution >= 4 is 34.6 Å². The van der Waals surface area contributed by atoms with Crippen molar-refractivity contribution in [2.45, 2.75) is 26.8 Å². The van der Waals surface area contributed by atoms with Crippen LogP contribution in [0.5, 0.6) is 0 Å². The largest absolute Gasteiger partial charge is 0.383 e. The Morgan fingerprint density at radius 1 is 1.23 bits per heavy atom. The highest BCUT2D eigenvalue weighted by Gasteiger charge is 2.16. The molecule has 0 aliphatic heterocycles. The van der Waals surface area contributed by atoms with Gasteiger partial charge in [0.2, 0.25) is 0 Å². The molecule has 6 heteroatoms. The standard InChI is InChI=1S/C20H22Cl2N4/c1-4-5-12(2)6-7-13(3)20-25-18(16(11-23)19(24)26-20)15-9-8-14(21)10-17(15)22/h5-10H,3-4,11,23H2,1-2H3,(H2,24,25,26)/b7-6-,12-5-. The molecule has 0 aliphatic rings. The van der Waals surface area contributed by atoms with Crippen molar-refractivity contribution in [2.75, 3.05) is 5.73 Å². The van der Waals surface area contributed by atoms with Gasteiger partial charge in [0.25, 0.3) is 0 Å². The van der Waals surface area contributed by atoms with E-state index in [1.807, 2.05) is 19.1 Å². The predicted octanol–water partition coefficient (Wildman–Crippen LogP) is 5.42. The number of benzene rings is 1. The number of nitrogens with zero attached hydrogens (tertiary/aromatic N) is 2. The van der Waals surface area contributed by atoms with E-state index in [9.17, 15) is 0 Å². The van der Waals surface area contributed by atoms with Gasteiger partial charge in [-0.3, -0.25) is 0 Å². The van der Waals surface area contributed by atoms with Crippen LogP contribution in [0.2, 0.25) is 10.0 Å². The minimum Gasteiger partial charge on any atom is -0.383 e. The Bertz CT molecular complexity index is 886. The molecule has 2 aromatic rings. The summed E-state index contributed by atoms with van der Waals surface area (Å²) in [5, 5.41) is 1.01. The van der Waals surface area contributed by atoms with Crippen LogP contribution in [0.1, 0.15) is 31.7 Å². The van der Waals surface area contributed by atoms with Crippen LogP contribution in [-0.2, 0) is 6.54 Å². The molecule has 1 heterocycles. The van der Waals surface area contributed by atoms with Crippen LogP contribution in [0.4, 0.5) is 5.82 Å². The molecule has 0 radical (unpaired) electrons. The number of aromatic nitrogens is 2. The molecule has 0 saturated carbocycles. The zero-order chi connectivity index (χ0) is 19.3. The number of rotatable bonds is 6. The number of allylic oxidation sites excluding steroid dienone is 5. The van der Waals surface area contributed by atoms with Crippen molar-refractivity contribution in [3.05, 3.63) is 70.0 Å². The van der Waals surface area contributed by atoms with Crippen molar-refractivity contribution in [1.82, 2.24) is 9.97 Å². The molecule has 0 fully saturated rings.